The van der Waals surface area contributed by atoms with Crippen LogP contribution in [-0.4, -0.2) is 29.5 Å². The van der Waals surface area contributed by atoms with Crippen LogP contribution in [0, 0.1) is 0 Å². The summed E-state index contributed by atoms with van der Waals surface area (Å²) < 4.78 is 70.0. The van der Waals surface area contributed by atoms with Crippen molar-refractivity contribution >= 4 is 17.6 Å². The fourth-order valence-corrected chi connectivity index (χ4v) is 1.52. The molecule has 1 aromatic carbocycles. The number of fused-ring (bicyclic) bond motifs is 1. The Morgan fingerprint density at radius 1 is 1.19 bits per heavy atom. The van der Waals surface area contributed by atoms with Gasteiger partial charge in [0.2, 0.25) is 0 Å². The third kappa shape index (κ3) is 2.80. The van der Waals surface area contributed by atoms with Crippen molar-refractivity contribution in [2.75, 3.05) is 5.32 Å². The molecule has 0 unspecified atom stereocenters. The number of aromatic carboxylic acids is 1. The monoisotopic (exact) mass is 313 g/mol. The van der Waals surface area contributed by atoms with Crippen LogP contribution in [0.4, 0.5) is 27.6 Å². The average molecular weight is 313 g/mol. The van der Waals surface area contributed by atoms with Crippen molar-refractivity contribution in [1.29, 1.82) is 0 Å². The van der Waals surface area contributed by atoms with Crippen LogP contribution in [0.25, 0.3) is 0 Å². The van der Waals surface area contributed by atoms with Gasteiger partial charge in [-0.25, -0.2) is 4.79 Å². The summed E-state index contributed by atoms with van der Waals surface area (Å²) >= 11 is 0. The Balaban J connectivity index is 2.46. The van der Waals surface area contributed by atoms with Crippen molar-refractivity contribution in [3.63, 3.8) is 0 Å². The number of halogens is 5. The number of carbonyl (C=O) groups excluding carboxylic acids is 1. The van der Waals surface area contributed by atoms with Gasteiger partial charge in [0.15, 0.2) is 11.5 Å². The average Bonchev–Trinajstić information content (AvgIpc) is 2.60. The maximum atomic E-state index is 12.9. The maximum absolute atomic E-state index is 12.9. The number of anilines is 1. The van der Waals surface area contributed by atoms with Gasteiger partial charge in [0.05, 0.1) is 5.69 Å². The van der Waals surface area contributed by atoms with E-state index in [1.807, 2.05) is 0 Å². The molecule has 0 spiro atoms. The number of alkyl halides is 5. The zero-order chi connectivity index (χ0) is 16.0. The number of benzene rings is 1. The van der Waals surface area contributed by atoms with Gasteiger partial charge in [-0.2, -0.15) is 13.2 Å². The third-order valence-electron chi connectivity index (χ3n) is 2.29. The largest absolute Gasteiger partial charge is 0.586 e. The van der Waals surface area contributed by atoms with Gasteiger partial charge in [0.25, 0.3) is 0 Å². The van der Waals surface area contributed by atoms with Crippen LogP contribution in [0.2, 0.25) is 0 Å². The van der Waals surface area contributed by atoms with Gasteiger partial charge in [-0.15, -0.1) is 8.78 Å². The molecule has 0 aromatic heterocycles. The van der Waals surface area contributed by atoms with Crippen LogP contribution >= 0.6 is 0 Å². The SMILES string of the molecule is O=C(O)c1c(NC(=O)C(F)(F)F)ccc2c1OC(F)(F)O2. The first kappa shape index (κ1) is 14.8. The summed E-state index contributed by atoms with van der Waals surface area (Å²) in [6.07, 6.45) is -9.44. The van der Waals surface area contributed by atoms with E-state index in [4.69, 9.17) is 5.11 Å². The first-order valence-corrected chi connectivity index (χ1v) is 5.05. The Morgan fingerprint density at radius 2 is 1.81 bits per heavy atom. The molecule has 0 saturated carbocycles. The highest BCUT2D eigenvalue weighted by atomic mass is 19.4. The lowest BCUT2D eigenvalue weighted by Gasteiger charge is -2.11. The Hall–Kier alpha value is -2.59. The zero-order valence-corrected chi connectivity index (χ0v) is 9.62. The maximum Gasteiger partial charge on any atom is 0.586 e. The molecule has 1 aliphatic rings. The molecule has 2 N–H and O–H groups in total. The Kier molecular flexibility index (Phi) is 3.15. The second-order valence-electron chi connectivity index (χ2n) is 3.74. The lowest BCUT2D eigenvalue weighted by atomic mass is 10.1. The minimum atomic E-state index is -5.28. The van der Waals surface area contributed by atoms with E-state index in [0.717, 1.165) is 6.07 Å². The predicted octanol–water partition coefficient (Wildman–Crippen LogP) is 2.21. The molecule has 0 atom stereocenters. The fraction of sp³-hybridized carbons (Fsp3) is 0.200. The van der Waals surface area contributed by atoms with Crippen LogP contribution < -0.4 is 14.8 Å². The number of nitrogens with one attached hydrogen (secondary N) is 1. The molecule has 0 aliphatic carbocycles. The van der Waals surface area contributed by atoms with Gasteiger partial charge in [0.1, 0.15) is 5.56 Å². The van der Waals surface area contributed by atoms with E-state index in [9.17, 15) is 31.5 Å². The molecule has 0 fully saturated rings. The number of hydrogen-bond acceptors (Lipinski definition) is 4. The number of hydrogen-bond donors (Lipinski definition) is 2. The quantitative estimate of drug-likeness (QED) is 0.818. The number of amides is 1. The molecular weight excluding hydrogens is 309 g/mol. The summed E-state index contributed by atoms with van der Waals surface area (Å²) in [5.41, 5.74) is -1.94. The standard InChI is InChI=1S/C10H4F5NO5/c11-9(12,13)8(19)16-3-1-2-4-6(5(3)7(17)18)21-10(14,15)20-4/h1-2H,(H,16,19)(H,17,18). The molecule has 1 amide bonds. The van der Waals surface area contributed by atoms with Gasteiger partial charge < -0.3 is 19.9 Å². The van der Waals surface area contributed by atoms with Crippen LogP contribution in [0.5, 0.6) is 11.5 Å². The van der Waals surface area contributed by atoms with Crippen molar-refractivity contribution in [3.8, 4) is 11.5 Å². The second kappa shape index (κ2) is 4.46. The van der Waals surface area contributed by atoms with Crippen molar-refractivity contribution < 1.29 is 46.1 Å². The zero-order valence-electron chi connectivity index (χ0n) is 9.62. The van der Waals surface area contributed by atoms with Crippen LogP contribution in [0.3, 0.4) is 0 Å². The topological polar surface area (TPSA) is 84.9 Å². The molecule has 0 radical (unpaired) electrons. The Labute approximate surface area is 112 Å². The van der Waals surface area contributed by atoms with E-state index in [0.29, 0.717) is 6.07 Å². The predicted molar refractivity (Wildman–Crippen MR) is 54.3 cm³/mol. The molecule has 21 heavy (non-hydrogen) atoms. The van der Waals surface area contributed by atoms with Gasteiger partial charge in [-0.1, -0.05) is 0 Å². The van der Waals surface area contributed by atoms with Gasteiger partial charge >= 0.3 is 24.3 Å². The van der Waals surface area contributed by atoms with E-state index in [1.54, 1.807) is 0 Å². The summed E-state index contributed by atoms with van der Waals surface area (Å²) in [5.74, 6) is -6.00. The summed E-state index contributed by atoms with van der Waals surface area (Å²) in [7, 11) is 0. The number of ether oxygens (including phenoxy) is 2. The number of rotatable bonds is 2. The Morgan fingerprint density at radius 3 is 2.33 bits per heavy atom. The van der Waals surface area contributed by atoms with Gasteiger partial charge in [-0.3, -0.25) is 4.79 Å². The molecule has 0 saturated heterocycles. The van der Waals surface area contributed by atoms with Gasteiger partial charge in [0, 0.05) is 0 Å². The van der Waals surface area contributed by atoms with E-state index >= 15 is 0 Å². The van der Waals surface area contributed by atoms with Crippen LogP contribution in [-0.2, 0) is 4.79 Å². The second-order valence-corrected chi connectivity index (χ2v) is 3.74. The molecular formula is C10H4F5NO5. The highest BCUT2D eigenvalue weighted by molar-refractivity contribution is 6.04. The minimum Gasteiger partial charge on any atom is -0.477 e. The summed E-state index contributed by atoms with van der Waals surface area (Å²) in [5, 5.41) is 10.2. The first-order chi connectivity index (χ1) is 9.51. The molecule has 0 bridgehead atoms. The first-order valence-electron chi connectivity index (χ1n) is 5.05. The highest BCUT2D eigenvalue weighted by Gasteiger charge is 2.47. The highest BCUT2D eigenvalue weighted by Crippen LogP contribution is 2.46. The normalized spacial score (nSPS) is 15.7. The number of carboxylic acid groups (broad SMARTS) is 1. The fourth-order valence-electron chi connectivity index (χ4n) is 1.52. The van der Waals surface area contributed by atoms with Crippen LogP contribution in [0.1, 0.15) is 10.4 Å². The summed E-state index contributed by atoms with van der Waals surface area (Å²) in [6, 6.07) is 1.42. The van der Waals surface area contributed by atoms with Crippen LogP contribution in [0.15, 0.2) is 12.1 Å². The number of carbonyl (C=O) groups is 2. The third-order valence-corrected chi connectivity index (χ3v) is 2.29. The lowest BCUT2D eigenvalue weighted by molar-refractivity contribution is -0.286. The minimum absolute atomic E-state index is 0.677. The van der Waals surface area contributed by atoms with Crippen molar-refractivity contribution in [3.05, 3.63) is 17.7 Å². The molecule has 114 valence electrons. The molecule has 1 aromatic rings. The molecule has 11 heteroatoms. The van der Waals surface area contributed by atoms with Crippen molar-refractivity contribution in [2.45, 2.75) is 12.5 Å². The lowest BCUT2D eigenvalue weighted by Crippen LogP contribution is -2.30. The summed E-state index contributed by atoms with van der Waals surface area (Å²) in [6.45, 7) is 0. The molecule has 1 aliphatic heterocycles. The number of carboxylic acids is 1. The smallest absolute Gasteiger partial charge is 0.477 e. The molecule has 6 nitrogen and oxygen atoms in total. The Bertz CT molecular complexity index is 627. The van der Waals surface area contributed by atoms with Crippen molar-refractivity contribution in [1.82, 2.24) is 0 Å². The summed E-state index contributed by atoms with van der Waals surface area (Å²) in [4.78, 5) is 21.8. The van der Waals surface area contributed by atoms with Gasteiger partial charge in [-0.05, 0) is 12.1 Å². The van der Waals surface area contributed by atoms with E-state index in [2.05, 4.69) is 9.47 Å². The molecule has 2 rings (SSSR count). The van der Waals surface area contributed by atoms with E-state index < -0.39 is 47.1 Å². The molecule has 1 heterocycles. The van der Waals surface area contributed by atoms with E-state index in [-0.39, 0.29) is 0 Å². The van der Waals surface area contributed by atoms with E-state index in [1.165, 1.54) is 5.32 Å². The van der Waals surface area contributed by atoms with Crippen molar-refractivity contribution in [2.24, 2.45) is 0 Å².